The van der Waals surface area contributed by atoms with Gasteiger partial charge in [0.15, 0.2) is 8.32 Å². The highest BCUT2D eigenvalue weighted by molar-refractivity contribution is 6.69. The third-order valence-corrected chi connectivity index (χ3v) is 2.71. The Kier molecular flexibility index (Phi) is 2.83. The minimum absolute atomic E-state index is 0.579. The molecule has 0 spiro atoms. The summed E-state index contributed by atoms with van der Waals surface area (Å²) in [6.07, 6.45) is 1.56. The van der Waals surface area contributed by atoms with Crippen molar-refractivity contribution in [3.05, 3.63) is 35.6 Å². The van der Waals surface area contributed by atoms with Crippen LogP contribution in [-0.4, -0.2) is 8.32 Å². The van der Waals surface area contributed by atoms with Crippen molar-refractivity contribution in [2.24, 2.45) is 0 Å². The Morgan fingerprint density at radius 3 is 2.50 bits per heavy atom. The molecule has 1 heterocycles. The van der Waals surface area contributed by atoms with Crippen molar-refractivity contribution in [1.29, 1.82) is 0 Å². The molecule has 0 aliphatic carbocycles. The molecular weight excluding hydrogens is 194 g/mol. The predicted octanol–water partition coefficient (Wildman–Crippen LogP) is 3.22. The average Bonchev–Trinajstić information content (AvgIpc) is 2.53. The molecule has 0 aliphatic rings. The van der Waals surface area contributed by atoms with Crippen LogP contribution in [0.5, 0.6) is 0 Å². The molecule has 1 unspecified atom stereocenters. The van der Waals surface area contributed by atoms with Gasteiger partial charge in [0.25, 0.3) is 0 Å². The van der Waals surface area contributed by atoms with Crippen LogP contribution in [0.3, 0.4) is 0 Å². The summed E-state index contributed by atoms with van der Waals surface area (Å²) in [6, 6.07) is 3.55. The molecule has 0 fully saturated rings. The summed E-state index contributed by atoms with van der Waals surface area (Å²) in [5.41, 5.74) is -0.964. The van der Waals surface area contributed by atoms with Crippen molar-refractivity contribution in [2.45, 2.75) is 32.3 Å². The zero-order valence-electron chi connectivity index (χ0n) is 9.00. The summed E-state index contributed by atoms with van der Waals surface area (Å²) in [4.78, 5) is 3.52. The van der Waals surface area contributed by atoms with Gasteiger partial charge in [-0.2, -0.15) is 0 Å². The topological polar surface area (TPSA) is 26.7 Å². The van der Waals surface area contributed by atoms with Gasteiger partial charge < -0.3 is 8.84 Å². The molecule has 1 atom stereocenters. The lowest BCUT2D eigenvalue weighted by atomic mass is 10.2. The van der Waals surface area contributed by atoms with E-state index in [0.29, 0.717) is 5.76 Å². The molecule has 76 valence electrons. The highest BCUT2D eigenvalue weighted by Crippen LogP contribution is 2.30. The van der Waals surface area contributed by atoms with E-state index in [9.17, 15) is 0 Å². The van der Waals surface area contributed by atoms with Crippen molar-refractivity contribution in [3.8, 4) is 0 Å². The first-order valence-electron chi connectivity index (χ1n) is 4.50. The maximum atomic E-state index is 7.18. The quantitative estimate of drug-likeness (QED) is 0.564. The molecule has 0 aliphatic heterocycles. The van der Waals surface area contributed by atoms with Crippen molar-refractivity contribution in [3.63, 3.8) is 0 Å². The van der Waals surface area contributed by atoms with Crippen LogP contribution < -0.4 is 0 Å². The maximum Gasteiger partial charge on any atom is 0.384 e. The maximum absolute atomic E-state index is 7.18. The molecule has 3 nitrogen and oxygen atoms in total. The van der Waals surface area contributed by atoms with Crippen molar-refractivity contribution < 1.29 is 8.84 Å². The minimum atomic E-state index is -1.74. The van der Waals surface area contributed by atoms with Crippen LogP contribution in [0.1, 0.15) is 12.7 Å². The molecule has 4 heteroatoms. The van der Waals surface area contributed by atoms with Gasteiger partial charge in [-0.3, -0.25) is 4.85 Å². The fourth-order valence-corrected chi connectivity index (χ4v) is 2.61. The van der Waals surface area contributed by atoms with E-state index in [0.717, 1.165) is 0 Å². The van der Waals surface area contributed by atoms with Gasteiger partial charge in [0.1, 0.15) is 0 Å². The largest absolute Gasteiger partial charge is 0.458 e. The van der Waals surface area contributed by atoms with Gasteiger partial charge >= 0.3 is 5.72 Å². The molecule has 1 rings (SSSR count). The van der Waals surface area contributed by atoms with Crippen molar-refractivity contribution >= 4 is 8.32 Å². The van der Waals surface area contributed by atoms with E-state index in [-0.39, 0.29) is 0 Å². The summed E-state index contributed by atoms with van der Waals surface area (Å²) < 4.78 is 11.0. The van der Waals surface area contributed by atoms with Crippen molar-refractivity contribution in [1.82, 2.24) is 0 Å². The number of furan rings is 1. The van der Waals surface area contributed by atoms with E-state index in [2.05, 4.69) is 24.5 Å². The van der Waals surface area contributed by atoms with Gasteiger partial charge in [-0.15, -0.1) is 0 Å². The number of nitrogens with zero attached hydrogens (tertiary/aromatic N) is 1. The number of hydrogen-bond acceptors (Lipinski definition) is 2. The van der Waals surface area contributed by atoms with E-state index in [1.165, 1.54) is 0 Å². The third-order valence-electron chi connectivity index (χ3n) is 1.70. The highest BCUT2D eigenvalue weighted by atomic mass is 28.4. The Morgan fingerprint density at radius 1 is 1.50 bits per heavy atom. The fourth-order valence-electron chi connectivity index (χ4n) is 1.27. The van der Waals surface area contributed by atoms with Crippen LogP contribution in [0.15, 0.2) is 22.8 Å². The van der Waals surface area contributed by atoms with Crippen LogP contribution in [0.2, 0.25) is 19.6 Å². The SMILES string of the molecule is [C-]#[N+]C(C)(O[Si](C)(C)C)c1ccco1. The zero-order chi connectivity index (χ0) is 10.8. The molecule has 0 saturated heterocycles. The summed E-state index contributed by atoms with van der Waals surface area (Å²) >= 11 is 0. The Morgan fingerprint density at radius 2 is 2.14 bits per heavy atom. The molecule has 14 heavy (non-hydrogen) atoms. The Hall–Kier alpha value is -1.05. The molecular formula is C10H15NO2Si. The van der Waals surface area contributed by atoms with Crippen LogP contribution >= 0.6 is 0 Å². The van der Waals surface area contributed by atoms with E-state index < -0.39 is 14.0 Å². The van der Waals surface area contributed by atoms with Gasteiger partial charge in [-0.25, -0.2) is 6.57 Å². The van der Waals surface area contributed by atoms with E-state index in [4.69, 9.17) is 15.4 Å². The lowest BCUT2D eigenvalue weighted by molar-refractivity contribution is 0.102. The molecule has 0 amide bonds. The van der Waals surface area contributed by atoms with E-state index in [1.807, 2.05) is 0 Å². The summed E-state index contributed by atoms with van der Waals surface area (Å²) in [7, 11) is -1.74. The highest BCUT2D eigenvalue weighted by Gasteiger charge is 2.41. The third kappa shape index (κ3) is 2.47. The summed E-state index contributed by atoms with van der Waals surface area (Å²) in [5, 5.41) is 0. The molecule has 0 aromatic carbocycles. The van der Waals surface area contributed by atoms with Gasteiger partial charge in [0.2, 0.25) is 5.76 Å². The number of rotatable bonds is 3. The standard InChI is InChI=1S/C10H15NO2Si/c1-10(11-2,13-14(3,4)5)9-7-6-8-12-9/h6-8H,1,3-5H3. The van der Waals surface area contributed by atoms with Crippen LogP contribution in [-0.2, 0) is 10.2 Å². The Bertz CT molecular complexity index is 334. The molecule has 0 radical (unpaired) electrons. The van der Waals surface area contributed by atoms with Gasteiger partial charge in [-0.05, 0) is 31.8 Å². The van der Waals surface area contributed by atoms with Gasteiger partial charge in [0.05, 0.1) is 6.26 Å². The van der Waals surface area contributed by atoms with Crippen LogP contribution in [0.25, 0.3) is 4.85 Å². The molecule has 0 N–H and O–H groups in total. The van der Waals surface area contributed by atoms with E-state index >= 15 is 0 Å². The van der Waals surface area contributed by atoms with Gasteiger partial charge in [0, 0.05) is 6.92 Å². The molecule has 1 aromatic heterocycles. The average molecular weight is 209 g/mol. The smallest absolute Gasteiger partial charge is 0.384 e. The van der Waals surface area contributed by atoms with Gasteiger partial charge in [-0.1, -0.05) is 0 Å². The lowest BCUT2D eigenvalue weighted by Crippen LogP contribution is -2.36. The van der Waals surface area contributed by atoms with E-state index in [1.54, 1.807) is 25.3 Å². The fraction of sp³-hybridized carbons (Fsp3) is 0.500. The first kappa shape index (κ1) is 11.0. The second-order valence-electron chi connectivity index (χ2n) is 4.29. The summed E-state index contributed by atoms with van der Waals surface area (Å²) in [6.45, 7) is 15.1. The number of hydrogen-bond donors (Lipinski definition) is 0. The van der Waals surface area contributed by atoms with Crippen LogP contribution in [0, 0.1) is 6.57 Å². The predicted molar refractivity (Wildman–Crippen MR) is 57.1 cm³/mol. The minimum Gasteiger partial charge on any atom is -0.458 e. The normalized spacial score (nSPS) is 15.9. The molecule has 0 saturated carbocycles. The molecule has 0 bridgehead atoms. The Balaban J connectivity index is 2.95. The summed E-state index contributed by atoms with van der Waals surface area (Å²) in [5.74, 6) is 0.579. The first-order valence-corrected chi connectivity index (χ1v) is 7.91. The lowest BCUT2D eigenvalue weighted by Gasteiger charge is -2.24. The van der Waals surface area contributed by atoms with Crippen LogP contribution in [0.4, 0.5) is 0 Å². The second-order valence-corrected chi connectivity index (χ2v) is 8.72. The Labute approximate surface area is 85.6 Å². The first-order chi connectivity index (χ1) is 6.37. The monoisotopic (exact) mass is 209 g/mol. The zero-order valence-corrected chi connectivity index (χ0v) is 10.00. The molecule has 1 aromatic rings. The second kappa shape index (κ2) is 3.60. The van der Waals surface area contributed by atoms with Crippen molar-refractivity contribution in [2.75, 3.05) is 0 Å².